The first-order valence-corrected chi connectivity index (χ1v) is 15.9. The molecule has 4 aromatic carbocycles. The SMILES string of the molecule is Cl.Cl.c1ccc(COc2ccc(CCNCCCCCCNCCSc3ccccc3)cc2OCc2ccccc2)cc1. The number of rotatable bonds is 20. The Bertz CT molecular complexity index is 1230. The van der Waals surface area contributed by atoms with Gasteiger partial charge in [-0.15, -0.1) is 36.6 Å². The van der Waals surface area contributed by atoms with Gasteiger partial charge >= 0.3 is 0 Å². The maximum atomic E-state index is 6.23. The third-order valence-electron chi connectivity index (χ3n) is 6.82. The molecule has 0 aliphatic heterocycles. The number of hydrogen-bond donors (Lipinski definition) is 2. The predicted molar refractivity (Wildman–Crippen MR) is 188 cm³/mol. The second kappa shape index (κ2) is 22.8. The number of ether oxygens (including phenoxy) is 2. The lowest BCUT2D eigenvalue weighted by Gasteiger charge is -2.15. The molecule has 7 heteroatoms. The van der Waals surface area contributed by atoms with E-state index in [9.17, 15) is 0 Å². The second-order valence-corrected chi connectivity index (χ2v) is 11.3. The molecular formula is C36H46Cl2N2O2S. The second-order valence-electron chi connectivity index (χ2n) is 10.2. The average molecular weight is 642 g/mol. The quantitative estimate of drug-likeness (QED) is 0.0746. The molecule has 0 spiro atoms. The smallest absolute Gasteiger partial charge is 0.161 e. The first-order valence-electron chi connectivity index (χ1n) is 14.9. The molecule has 0 saturated carbocycles. The Labute approximate surface area is 275 Å². The van der Waals surface area contributed by atoms with E-state index in [0.717, 1.165) is 61.0 Å². The van der Waals surface area contributed by atoms with Gasteiger partial charge in [-0.1, -0.05) is 97.8 Å². The van der Waals surface area contributed by atoms with Crippen LogP contribution in [0.25, 0.3) is 0 Å². The van der Waals surface area contributed by atoms with Crippen LogP contribution in [0.4, 0.5) is 0 Å². The molecule has 0 radical (unpaired) electrons. The molecule has 0 atom stereocenters. The zero-order valence-electron chi connectivity index (χ0n) is 24.9. The highest BCUT2D eigenvalue weighted by molar-refractivity contribution is 7.99. The molecule has 232 valence electrons. The molecule has 4 rings (SSSR count). The van der Waals surface area contributed by atoms with Crippen molar-refractivity contribution in [1.29, 1.82) is 0 Å². The van der Waals surface area contributed by atoms with Gasteiger partial charge in [0.25, 0.3) is 0 Å². The number of hydrogen-bond acceptors (Lipinski definition) is 5. The van der Waals surface area contributed by atoms with Gasteiger partial charge in [0, 0.05) is 17.2 Å². The van der Waals surface area contributed by atoms with Crippen LogP contribution in [0.3, 0.4) is 0 Å². The van der Waals surface area contributed by atoms with Crippen molar-refractivity contribution in [2.75, 3.05) is 31.9 Å². The van der Waals surface area contributed by atoms with E-state index in [1.54, 1.807) is 0 Å². The van der Waals surface area contributed by atoms with Gasteiger partial charge in [0.05, 0.1) is 0 Å². The van der Waals surface area contributed by atoms with Crippen molar-refractivity contribution in [3.63, 3.8) is 0 Å². The van der Waals surface area contributed by atoms with E-state index in [1.165, 1.54) is 36.1 Å². The van der Waals surface area contributed by atoms with Crippen molar-refractivity contribution in [3.8, 4) is 11.5 Å². The molecule has 4 aromatic rings. The summed E-state index contributed by atoms with van der Waals surface area (Å²) >= 11 is 1.92. The van der Waals surface area contributed by atoms with Gasteiger partial charge in [-0.2, -0.15) is 0 Å². The lowest BCUT2D eigenvalue weighted by Crippen LogP contribution is -2.19. The molecular weight excluding hydrogens is 595 g/mol. The Morgan fingerprint density at radius 1 is 0.488 bits per heavy atom. The van der Waals surface area contributed by atoms with Gasteiger partial charge in [0.2, 0.25) is 0 Å². The first kappa shape index (κ1) is 36.5. The fraction of sp³-hybridized carbons (Fsp3) is 0.333. The summed E-state index contributed by atoms with van der Waals surface area (Å²) in [5.41, 5.74) is 3.54. The summed E-state index contributed by atoms with van der Waals surface area (Å²) in [6.45, 7) is 5.25. The number of unbranched alkanes of at least 4 members (excludes halogenated alkanes) is 3. The Morgan fingerprint density at radius 2 is 1.02 bits per heavy atom. The zero-order chi connectivity index (χ0) is 28.2. The number of thioether (sulfide) groups is 1. The lowest BCUT2D eigenvalue weighted by molar-refractivity contribution is 0.255. The lowest BCUT2D eigenvalue weighted by atomic mass is 10.1. The molecule has 0 amide bonds. The highest BCUT2D eigenvalue weighted by Crippen LogP contribution is 2.30. The minimum atomic E-state index is 0. The van der Waals surface area contributed by atoms with E-state index in [0.29, 0.717) is 13.2 Å². The monoisotopic (exact) mass is 640 g/mol. The average Bonchev–Trinajstić information content (AvgIpc) is 3.03. The van der Waals surface area contributed by atoms with Crippen LogP contribution in [0, 0.1) is 0 Å². The van der Waals surface area contributed by atoms with Crippen molar-refractivity contribution < 1.29 is 9.47 Å². The van der Waals surface area contributed by atoms with Crippen molar-refractivity contribution in [2.45, 2.75) is 50.2 Å². The Kier molecular flexibility index (Phi) is 19.4. The van der Waals surface area contributed by atoms with Crippen LogP contribution in [0.2, 0.25) is 0 Å². The summed E-state index contributed by atoms with van der Waals surface area (Å²) in [7, 11) is 0. The molecule has 0 saturated heterocycles. The highest BCUT2D eigenvalue weighted by atomic mass is 35.5. The summed E-state index contributed by atoms with van der Waals surface area (Å²) in [5, 5.41) is 7.19. The molecule has 0 heterocycles. The predicted octanol–water partition coefficient (Wildman–Crippen LogP) is 8.76. The molecule has 0 bridgehead atoms. The topological polar surface area (TPSA) is 42.5 Å². The molecule has 0 aliphatic rings. The fourth-order valence-electron chi connectivity index (χ4n) is 4.50. The van der Waals surface area contributed by atoms with Crippen molar-refractivity contribution in [3.05, 3.63) is 126 Å². The molecule has 0 aliphatic carbocycles. The van der Waals surface area contributed by atoms with E-state index in [-0.39, 0.29) is 24.8 Å². The minimum absolute atomic E-state index is 0. The van der Waals surface area contributed by atoms with E-state index in [4.69, 9.17) is 9.47 Å². The van der Waals surface area contributed by atoms with Crippen molar-refractivity contribution in [2.24, 2.45) is 0 Å². The van der Waals surface area contributed by atoms with Crippen LogP contribution in [0.15, 0.2) is 114 Å². The van der Waals surface area contributed by atoms with Gasteiger partial charge in [0.15, 0.2) is 11.5 Å². The highest BCUT2D eigenvalue weighted by Gasteiger charge is 2.09. The van der Waals surface area contributed by atoms with Crippen LogP contribution in [0.5, 0.6) is 11.5 Å². The summed E-state index contributed by atoms with van der Waals surface area (Å²) in [6, 6.07) is 37.5. The van der Waals surface area contributed by atoms with Crippen LogP contribution in [0.1, 0.15) is 42.4 Å². The first-order chi connectivity index (χ1) is 20.4. The summed E-state index contributed by atoms with van der Waals surface area (Å²) in [5.74, 6) is 2.71. The molecule has 0 fully saturated rings. The minimum Gasteiger partial charge on any atom is -0.485 e. The third kappa shape index (κ3) is 15.1. The molecule has 43 heavy (non-hydrogen) atoms. The molecule has 0 unspecified atom stereocenters. The van der Waals surface area contributed by atoms with Crippen LogP contribution >= 0.6 is 36.6 Å². The van der Waals surface area contributed by atoms with Crippen molar-refractivity contribution >= 4 is 36.6 Å². The number of benzene rings is 4. The molecule has 2 N–H and O–H groups in total. The van der Waals surface area contributed by atoms with E-state index in [2.05, 4.69) is 77.4 Å². The van der Waals surface area contributed by atoms with E-state index in [1.807, 2.05) is 54.2 Å². The summed E-state index contributed by atoms with van der Waals surface area (Å²) in [4.78, 5) is 1.35. The Balaban J connectivity index is 0.00000323. The van der Waals surface area contributed by atoms with Crippen LogP contribution < -0.4 is 20.1 Å². The third-order valence-corrected chi connectivity index (χ3v) is 7.83. The number of halogens is 2. The van der Waals surface area contributed by atoms with Gasteiger partial charge < -0.3 is 20.1 Å². The van der Waals surface area contributed by atoms with Gasteiger partial charge in [-0.3, -0.25) is 0 Å². The summed E-state index contributed by atoms with van der Waals surface area (Å²) < 4.78 is 12.4. The zero-order valence-corrected chi connectivity index (χ0v) is 27.4. The maximum Gasteiger partial charge on any atom is 0.161 e. The van der Waals surface area contributed by atoms with Gasteiger partial charge in [-0.05, 0) is 79.9 Å². The Morgan fingerprint density at radius 3 is 1.63 bits per heavy atom. The normalized spacial score (nSPS) is 10.4. The molecule has 4 nitrogen and oxygen atoms in total. The maximum absolute atomic E-state index is 6.23. The summed E-state index contributed by atoms with van der Waals surface area (Å²) in [6.07, 6.45) is 6.00. The van der Waals surface area contributed by atoms with E-state index < -0.39 is 0 Å². The Hall–Kier alpha value is -2.67. The fourth-order valence-corrected chi connectivity index (χ4v) is 5.34. The van der Waals surface area contributed by atoms with Gasteiger partial charge in [-0.25, -0.2) is 0 Å². The van der Waals surface area contributed by atoms with E-state index >= 15 is 0 Å². The van der Waals surface area contributed by atoms with Crippen LogP contribution in [-0.2, 0) is 19.6 Å². The van der Waals surface area contributed by atoms with Gasteiger partial charge in [0.1, 0.15) is 13.2 Å². The standard InChI is InChI=1S/C36H44N2O2S.2ClH/c1(2-13-24-38-26-27-41-34-18-10-5-11-19-34)12-23-37-25-22-31-20-21-35(39-29-32-14-6-3-7-15-32)36(28-31)40-30-33-16-8-4-9-17-33;;/h3-11,14-21,28,37-38H,1-2,12-13,22-27,29-30H2;2*1H. The number of nitrogens with one attached hydrogen (secondary N) is 2. The largest absolute Gasteiger partial charge is 0.485 e. The molecule has 0 aromatic heterocycles. The van der Waals surface area contributed by atoms with Crippen molar-refractivity contribution in [1.82, 2.24) is 10.6 Å². The van der Waals surface area contributed by atoms with Crippen LogP contribution in [-0.4, -0.2) is 31.9 Å².